The Morgan fingerprint density at radius 1 is 1.33 bits per heavy atom. The molecule has 2 aromatic rings. The molecule has 1 aliphatic rings. The fraction of sp³-hybridized carbons (Fsp3) is 0.353. The summed E-state index contributed by atoms with van der Waals surface area (Å²) in [5, 5.41) is 0. The molecule has 0 unspecified atom stereocenters. The van der Waals surface area contributed by atoms with Crippen LogP contribution in [0.25, 0.3) is 0 Å². The number of likely N-dealkylation sites (tertiary alicyclic amines) is 1. The van der Waals surface area contributed by atoms with Gasteiger partial charge in [-0.05, 0) is 43.0 Å². The van der Waals surface area contributed by atoms with Gasteiger partial charge in [-0.2, -0.15) is 0 Å². The van der Waals surface area contributed by atoms with E-state index in [4.69, 9.17) is 10.2 Å². The molecule has 1 aromatic carbocycles. The van der Waals surface area contributed by atoms with Crippen molar-refractivity contribution in [2.45, 2.75) is 32.4 Å². The highest BCUT2D eigenvalue weighted by Crippen LogP contribution is 2.34. The van der Waals surface area contributed by atoms with Crippen molar-refractivity contribution in [1.29, 1.82) is 0 Å². The molecule has 1 aromatic heterocycles. The summed E-state index contributed by atoms with van der Waals surface area (Å²) in [5.41, 5.74) is 7.99. The highest BCUT2D eigenvalue weighted by molar-refractivity contribution is 5.92. The monoisotopic (exact) mass is 284 g/mol. The van der Waals surface area contributed by atoms with Gasteiger partial charge in [-0.25, -0.2) is 0 Å². The first kappa shape index (κ1) is 13.9. The Morgan fingerprint density at radius 2 is 2.14 bits per heavy atom. The molecule has 2 N–H and O–H groups in total. The molecule has 0 bridgehead atoms. The predicted molar refractivity (Wildman–Crippen MR) is 80.8 cm³/mol. The third-order valence-corrected chi connectivity index (χ3v) is 4.13. The molecule has 2 heterocycles. The molecule has 4 nitrogen and oxygen atoms in total. The molecule has 1 fully saturated rings. The quantitative estimate of drug-likeness (QED) is 0.942. The third kappa shape index (κ3) is 2.59. The van der Waals surface area contributed by atoms with Gasteiger partial charge in [0.1, 0.15) is 5.76 Å². The van der Waals surface area contributed by atoms with E-state index in [1.54, 1.807) is 12.1 Å². The Kier molecular flexibility index (Phi) is 3.80. The van der Waals surface area contributed by atoms with Gasteiger partial charge in [-0.1, -0.05) is 24.3 Å². The Balaban J connectivity index is 1.87. The summed E-state index contributed by atoms with van der Waals surface area (Å²) in [6, 6.07) is 11.9. The van der Waals surface area contributed by atoms with Crippen molar-refractivity contribution < 1.29 is 9.21 Å². The van der Waals surface area contributed by atoms with E-state index in [9.17, 15) is 4.79 Å². The second-order valence-electron chi connectivity index (χ2n) is 5.48. The van der Waals surface area contributed by atoms with Crippen LogP contribution in [0.3, 0.4) is 0 Å². The molecule has 1 saturated heterocycles. The summed E-state index contributed by atoms with van der Waals surface area (Å²) in [6.07, 6.45) is 2.02. The van der Waals surface area contributed by atoms with Gasteiger partial charge in [-0.3, -0.25) is 4.79 Å². The first-order valence-electron chi connectivity index (χ1n) is 7.36. The van der Waals surface area contributed by atoms with Crippen molar-refractivity contribution in [3.63, 3.8) is 0 Å². The van der Waals surface area contributed by atoms with Gasteiger partial charge in [-0.15, -0.1) is 0 Å². The number of nitrogens with zero attached hydrogens (tertiary/aromatic N) is 1. The summed E-state index contributed by atoms with van der Waals surface area (Å²) in [6.45, 7) is 3.18. The molecule has 21 heavy (non-hydrogen) atoms. The van der Waals surface area contributed by atoms with Crippen LogP contribution in [0.4, 0.5) is 0 Å². The largest absolute Gasteiger partial charge is 0.455 e. The number of aryl methyl sites for hydroxylation is 1. The predicted octanol–water partition coefficient (Wildman–Crippen LogP) is 3.02. The molecule has 0 saturated carbocycles. The highest BCUT2D eigenvalue weighted by atomic mass is 16.4. The maximum Gasteiger partial charge on any atom is 0.290 e. The first-order chi connectivity index (χ1) is 10.2. The second kappa shape index (κ2) is 5.74. The van der Waals surface area contributed by atoms with Crippen LogP contribution in [0.1, 0.15) is 46.3 Å². The van der Waals surface area contributed by atoms with Crippen LogP contribution in [0.2, 0.25) is 0 Å². The van der Waals surface area contributed by atoms with Gasteiger partial charge in [0.2, 0.25) is 0 Å². The molecule has 1 amide bonds. The van der Waals surface area contributed by atoms with Gasteiger partial charge < -0.3 is 15.1 Å². The minimum absolute atomic E-state index is 0.0412. The molecule has 1 aliphatic heterocycles. The number of furan rings is 1. The van der Waals surface area contributed by atoms with Crippen LogP contribution in [0.15, 0.2) is 40.8 Å². The molecule has 0 aliphatic carbocycles. The molecular weight excluding hydrogens is 264 g/mol. The van der Waals surface area contributed by atoms with Crippen molar-refractivity contribution in [3.8, 4) is 0 Å². The molecule has 4 heteroatoms. The van der Waals surface area contributed by atoms with Crippen LogP contribution in [-0.4, -0.2) is 17.4 Å². The normalized spacial score (nSPS) is 18.2. The van der Waals surface area contributed by atoms with Gasteiger partial charge in [0.25, 0.3) is 5.91 Å². The standard InChI is InChI=1S/C17H20N2O2/c1-12-5-2-3-6-14(12)15-7-4-10-19(15)17(20)16-9-8-13(11-18)21-16/h2-3,5-6,8-9,15H,4,7,10-11,18H2,1H3/t15-/m1/s1. The van der Waals surface area contributed by atoms with Gasteiger partial charge >= 0.3 is 0 Å². The maximum atomic E-state index is 12.7. The number of amides is 1. The van der Waals surface area contributed by atoms with E-state index in [-0.39, 0.29) is 11.9 Å². The number of rotatable bonds is 3. The highest BCUT2D eigenvalue weighted by Gasteiger charge is 2.32. The number of benzene rings is 1. The molecule has 0 radical (unpaired) electrons. The Labute approximate surface area is 124 Å². The van der Waals surface area contributed by atoms with E-state index in [0.29, 0.717) is 18.1 Å². The maximum absolute atomic E-state index is 12.7. The number of hydrogen-bond donors (Lipinski definition) is 1. The van der Waals surface area contributed by atoms with Crippen LogP contribution in [-0.2, 0) is 6.54 Å². The van der Waals surface area contributed by atoms with Crippen molar-refractivity contribution in [1.82, 2.24) is 4.90 Å². The average molecular weight is 284 g/mol. The topological polar surface area (TPSA) is 59.5 Å². The third-order valence-electron chi connectivity index (χ3n) is 4.13. The first-order valence-corrected chi connectivity index (χ1v) is 7.36. The summed E-state index contributed by atoms with van der Waals surface area (Å²) in [7, 11) is 0. The number of carbonyl (C=O) groups is 1. The van der Waals surface area contributed by atoms with Crippen LogP contribution >= 0.6 is 0 Å². The van der Waals surface area contributed by atoms with E-state index in [1.807, 2.05) is 17.0 Å². The van der Waals surface area contributed by atoms with Crippen molar-refractivity contribution in [3.05, 3.63) is 59.0 Å². The lowest BCUT2D eigenvalue weighted by molar-refractivity contribution is 0.0701. The Hall–Kier alpha value is -2.07. The fourth-order valence-electron chi connectivity index (χ4n) is 3.04. The molecule has 3 rings (SSSR count). The van der Waals surface area contributed by atoms with Gasteiger partial charge in [0, 0.05) is 6.54 Å². The Bertz CT molecular complexity index is 648. The van der Waals surface area contributed by atoms with Crippen molar-refractivity contribution >= 4 is 5.91 Å². The van der Waals surface area contributed by atoms with Gasteiger partial charge in [0.05, 0.1) is 12.6 Å². The molecular formula is C17H20N2O2. The Morgan fingerprint density at radius 3 is 2.86 bits per heavy atom. The van der Waals surface area contributed by atoms with Crippen LogP contribution in [0.5, 0.6) is 0 Å². The lowest BCUT2D eigenvalue weighted by Gasteiger charge is -2.25. The number of carbonyl (C=O) groups excluding carboxylic acids is 1. The molecule has 1 atom stereocenters. The minimum atomic E-state index is -0.0412. The van der Waals surface area contributed by atoms with E-state index in [2.05, 4.69) is 19.1 Å². The lowest BCUT2D eigenvalue weighted by Crippen LogP contribution is -2.30. The van der Waals surface area contributed by atoms with Crippen LogP contribution in [0, 0.1) is 6.92 Å². The fourth-order valence-corrected chi connectivity index (χ4v) is 3.04. The number of hydrogen-bond acceptors (Lipinski definition) is 3. The minimum Gasteiger partial charge on any atom is -0.455 e. The SMILES string of the molecule is Cc1ccccc1[C@H]1CCCN1C(=O)c1ccc(CN)o1. The lowest BCUT2D eigenvalue weighted by atomic mass is 9.99. The number of nitrogens with two attached hydrogens (primary N) is 1. The van der Waals surface area contributed by atoms with Crippen molar-refractivity contribution in [2.75, 3.05) is 6.54 Å². The summed E-state index contributed by atoms with van der Waals surface area (Å²) < 4.78 is 5.51. The van der Waals surface area contributed by atoms with Crippen molar-refractivity contribution in [2.24, 2.45) is 5.73 Å². The summed E-state index contributed by atoms with van der Waals surface area (Å²) >= 11 is 0. The zero-order valence-corrected chi connectivity index (χ0v) is 12.2. The molecule has 110 valence electrons. The zero-order chi connectivity index (χ0) is 14.8. The van der Waals surface area contributed by atoms with E-state index in [1.165, 1.54) is 11.1 Å². The van der Waals surface area contributed by atoms with E-state index < -0.39 is 0 Å². The summed E-state index contributed by atoms with van der Waals surface area (Å²) in [4.78, 5) is 14.6. The average Bonchev–Trinajstić information content (AvgIpc) is 3.16. The van der Waals surface area contributed by atoms with E-state index in [0.717, 1.165) is 19.4 Å². The van der Waals surface area contributed by atoms with E-state index >= 15 is 0 Å². The van der Waals surface area contributed by atoms with Gasteiger partial charge in [0.15, 0.2) is 5.76 Å². The summed E-state index contributed by atoms with van der Waals surface area (Å²) in [5.74, 6) is 0.987. The zero-order valence-electron chi connectivity index (χ0n) is 12.2. The van der Waals surface area contributed by atoms with Crippen LogP contribution < -0.4 is 5.73 Å². The second-order valence-corrected chi connectivity index (χ2v) is 5.48. The smallest absolute Gasteiger partial charge is 0.290 e. The molecule has 0 spiro atoms.